The molecule has 1 aromatic carbocycles. The van der Waals surface area contributed by atoms with Crippen LogP contribution in [0.25, 0.3) is 0 Å². The number of hydrogen-bond donors (Lipinski definition) is 1. The SMILES string of the molecule is CNC1c2cc(OC)ccc2CCC1Sc1ncnn1C. The second kappa shape index (κ2) is 6.07. The molecule has 1 heterocycles. The van der Waals surface area contributed by atoms with Crippen LogP contribution in [-0.2, 0) is 13.5 Å². The van der Waals surface area contributed by atoms with Gasteiger partial charge in [-0.15, -0.1) is 0 Å². The Hall–Kier alpha value is -1.53. The molecule has 0 saturated heterocycles. The predicted octanol–water partition coefficient (Wildman–Crippen LogP) is 2.19. The monoisotopic (exact) mass is 304 g/mol. The molecule has 2 unspecified atom stereocenters. The average Bonchev–Trinajstić information content (AvgIpc) is 2.91. The molecule has 21 heavy (non-hydrogen) atoms. The highest BCUT2D eigenvalue weighted by Crippen LogP contribution is 2.40. The van der Waals surface area contributed by atoms with Crippen LogP contribution < -0.4 is 10.1 Å². The molecule has 0 spiro atoms. The molecule has 5 nitrogen and oxygen atoms in total. The lowest BCUT2D eigenvalue weighted by Crippen LogP contribution is -2.32. The highest BCUT2D eigenvalue weighted by Gasteiger charge is 2.30. The molecule has 2 aromatic rings. The van der Waals surface area contributed by atoms with E-state index in [4.69, 9.17) is 4.74 Å². The van der Waals surface area contributed by atoms with Crippen LogP contribution in [0.4, 0.5) is 0 Å². The van der Waals surface area contributed by atoms with Crippen LogP contribution in [0.1, 0.15) is 23.6 Å². The van der Waals surface area contributed by atoms with Crippen LogP contribution in [-0.4, -0.2) is 34.2 Å². The lowest BCUT2D eigenvalue weighted by Gasteiger charge is -2.33. The van der Waals surface area contributed by atoms with Gasteiger partial charge in [0.15, 0.2) is 5.16 Å². The maximum Gasteiger partial charge on any atom is 0.186 e. The Morgan fingerprint density at radius 2 is 2.29 bits per heavy atom. The lowest BCUT2D eigenvalue weighted by atomic mass is 9.87. The van der Waals surface area contributed by atoms with E-state index in [2.05, 4.69) is 27.5 Å². The molecular formula is C15H20N4OS. The van der Waals surface area contributed by atoms with Crippen LogP contribution in [0, 0.1) is 0 Å². The smallest absolute Gasteiger partial charge is 0.186 e. The van der Waals surface area contributed by atoms with Crippen molar-refractivity contribution in [3.63, 3.8) is 0 Å². The number of aromatic nitrogens is 3. The third-order valence-electron chi connectivity index (χ3n) is 4.00. The first-order valence-corrected chi connectivity index (χ1v) is 7.95. The van der Waals surface area contributed by atoms with Gasteiger partial charge in [-0.25, -0.2) is 9.67 Å². The van der Waals surface area contributed by atoms with Gasteiger partial charge in [0, 0.05) is 18.3 Å². The molecule has 1 aliphatic carbocycles. The van der Waals surface area contributed by atoms with Gasteiger partial charge in [-0.05, 0) is 43.1 Å². The number of benzene rings is 1. The maximum absolute atomic E-state index is 5.37. The average molecular weight is 304 g/mol. The summed E-state index contributed by atoms with van der Waals surface area (Å²) < 4.78 is 7.20. The minimum absolute atomic E-state index is 0.297. The predicted molar refractivity (Wildman–Crippen MR) is 83.8 cm³/mol. The second-order valence-corrected chi connectivity index (χ2v) is 6.40. The van der Waals surface area contributed by atoms with Gasteiger partial charge in [-0.3, -0.25) is 0 Å². The number of nitrogens with one attached hydrogen (secondary N) is 1. The van der Waals surface area contributed by atoms with Crippen molar-refractivity contribution in [2.75, 3.05) is 14.2 Å². The third kappa shape index (κ3) is 2.78. The van der Waals surface area contributed by atoms with Gasteiger partial charge in [-0.1, -0.05) is 17.8 Å². The highest BCUT2D eigenvalue weighted by molar-refractivity contribution is 7.99. The Morgan fingerprint density at radius 1 is 1.43 bits per heavy atom. The molecule has 112 valence electrons. The van der Waals surface area contributed by atoms with E-state index >= 15 is 0 Å². The van der Waals surface area contributed by atoms with Crippen molar-refractivity contribution >= 4 is 11.8 Å². The molecule has 2 atom stereocenters. The molecule has 0 aliphatic heterocycles. The zero-order valence-corrected chi connectivity index (χ0v) is 13.4. The molecule has 0 amide bonds. The van der Waals surface area contributed by atoms with Crippen molar-refractivity contribution < 1.29 is 4.74 Å². The number of thioether (sulfide) groups is 1. The maximum atomic E-state index is 5.37. The quantitative estimate of drug-likeness (QED) is 0.938. The fraction of sp³-hybridized carbons (Fsp3) is 0.467. The lowest BCUT2D eigenvalue weighted by molar-refractivity contribution is 0.411. The molecule has 0 radical (unpaired) electrons. The Balaban J connectivity index is 1.88. The summed E-state index contributed by atoms with van der Waals surface area (Å²) in [6.07, 6.45) is 3.83. The van der Waals surface area contributed by atoms with Crippen LogP contribution in [0.15, 0.2) is 29.7 Å². The molecule has 0 saturated carbocycles. The van der Waals surface area contributed by atoms with E-state index in [9.17, 15) is 0 Å². The van der Waals surface area contributed by atoms with E-state index in [-0.39, 0.29) is 0 Å². The largest absolute Gasteiger partial charge is 0.497 e. The first kappa shape index (κ1) is 14.4. The first-order chi connectivity index (χ1) is 10.2. The van der Waals surface area contributed by atoms with Gasteiger partial charge in [0.05, 0.1) is 7.11 Å². The summed E-state index contributed by atoms with van der Waals surface area (Å²) >= 11 is 1.79. The molecule has 1 N–H and O–H groups in total. The summed E-state index contributed by atoms with van der Waals surface area (Å²) in [5.41, 5.74) is 2.74. The minimum Gasteiger partial charge on any atom is -0.497 e. The molecule has 1 aromatic heterocycles. The van der Waals surface area contributed by atoms with Gasteiger partial charge in [0.2, 0.25) is 0 Å². The Kier molecular flexibility index (Phi) is 4.17. The summed E-state index contributed by atoms with van der Waals surface area (Å²) in [5, 5.41) is 9.02. The van der Waals surface area contributed by atoms with E-state index in [0.717, 1.165) is 23.7 Å². The van der Waals surface area contributed by atoms with Crippen LogP contribution in [0.5, 0.6) is 5.75 Å². The number of rotatable bonds is 4. The number of methoxy groups -OCH3 is 1. The zero-order chi connectivity index (χ0) is 14.8. The van der Waals surface area contributed by atoms with Gasteiger partial charge in [0.25, 0.3) is 0 Å². The third-order valence-corrected chi connectivity index (χ3v) is 5.39. The topological polar surface area (TPSA) is 52.0 Å². The molecular weight excluding hydrogens is 284 g/mol. The Labute approximate surface area is 129 Å². The van der Waals surface area contributed by atoms with Crippen molar-refractivity contribution in [1.82, 2.24) is 20.1 Å². The Bertz CT molecular complexity index is 628. The van der Waals surface area contributed by atoms with Gasteiger partial charge >= 0.3 is 0 Å². The standard InChI is InChI=1S/C15H20N4OS/c1-16-14-12-8-11(20-3)6-4-10(12)5-7-13(14)21-15-17-9-18-19(15)2/h4,6,8-9,13-14,16H,5,7H2,1-3H3. The molecule has 6 heteroatoms. The van der Waals surface area contributed by atoms with Gasteiger partial charge in [-0.2, -0.15) is 5.10 Å². The van der Waals surface area contributed by atoms with E-state index in [1.807, 2.05) is 24.8 Å². The number of hydrogen-bond acceptors (Lipinski definition) is 5. The van der Waals surface area contributed by atoms with E-state index in [1.165, 1.54) is 11.1 Å². The van der Waals surface area contributed by atoms with Crippen LogP contribution in [0.3, 0.4) is 0 Å². The van der Waals surface area contributed by atoms with Crippen LogP contribution in [0.2, 0.25) is 0 Å². The Morgan fingerprint density at radius 3 is 2.95 bits per heavy atom. The van der Waals surface area contributed by atoms with E-state index < -0.39 is 0 Å². The first-order valence-electron chi connectivity index (χ1n) is 7.07. The second-order valence-electron chi connectivity index (χ2n) is 5.19. The van der Waals surface area contributed by atoms with Crippen molar-refractivity contribution in [3.8, 4) is 5.75 Å². The number of nitrogens with zero attached hydrogens (tertiary/aromatic N) is 3. The molecule has 1 aliphatic rings. The number of ether oxygens (including phenoxy) is 1. The summed E-state index contributed by atoms with van der Waals surface area (Å²) in [4.78, 5) is 4.33. The minimum atomic E-state index is 0.297. The van der Waals surface area contributed by atoms with Gasteiger partial charge in [0.1, 0.15) is 12.1 Å². The normalized spacial score (nSPS) is 21.1. The van der Waals surface area contributed by atoms with Crippen molar-refractivity contribution in [3.05, 3.63) is 35.7 Å². The van der Waals surface area contributed by atoms with Crippen molar-refractivity contribution in [2.24, 2.45) is 7.05 Å². The summed E-state index contributed by atoms with van der Waals surface area (Å²) in [7, 11) is 5.66. The fourth-order valence-corrected chi connectivity index (χ4v) is 4.11. The molecule has 0 fully saturated rings. The van der Waals surface area contributed by atoms with Crippen molar-refractivity contribution in [2.45, 2.75) is 29.3 Å². The summed E-state index contributed by atoms with van der Waals surface area (Å²) in [5.74, 6) is 0.915. The summed E-state index contributed by atoms with van der Waals surface area (Å²) in [6.45, 7) is 0. The number of aryl methyl sites for hydroxylation is 2. The van der Waals surface area contributed by atoms with E-state index in [1.54, 1.807) is 25.2 Å². The highest BCUT2D eigenvalue weighted by atomic mass is 32.2. The fourth-order valence-electron chi connectivity index (χ4n) is 2.88. The number of fused-ring (bicyclic) bond motifs is 1. The van der Waals surface area contributed by atoms with Crippen molar-refractivity contribution in [1.29, 1.82) is 0 Å². The zero-order valence-electron chi connectivity index (χ0n) is 12.5. The molecule has 0 bridgehead atoms. The van der Waals surface area contributed by atoms with E-state index in [0.29, 0.717) is 11.3 Å². The summed E-state index contributed by atoms with van der Waals surface area (Å²) in [6, 6.07) is 6.68. The molecule has 3 rings (SSSR count). The van der Waals surface area contributed by atoms with Crippen LogP contribution >= 0.6 is 11.8 Å². The van der Waals surface area contributed by atoms with Gasteiger partial charge < -0.3 is 10.1 Å².